The quantitative estimate of drug-likeness (QED) is 0.605. The van der Waals surface area contributed by atoms with Crippen molar-refractivity contribution in [2.24, 2.45) is 0 Å². The number of aromatic nitrogens is 1. The van der Waals surface area contributed by atoms with Crippen molar-refractivity contribution in [1.82, 2.24) is 4.98 Å². The van der Waals surface area contributed by atoms with Gasteiger partial charge < -0.3 is 4.98 Å². The maximum absolute atomic E-state index is 3.39. The van der Waals surface area contributed by atoms with E-state index in [0.29, 0.717) is 0 Å². The normalized spacial score (nSPS) is 10.8. The minimum atomic E-state index is 1.22. The van der Waals surface area contributed by atoms with Crippen molar-refractivity contribution in [3.63, 3.8) is 0 Å². The summed E-state index contributed by atoms with van der Waals surface area (Å²) in [6.07, 6.45) is 12.7. The summed E-state index contributed by atoms with van der Waals surface area (Å²) in [5, 5.41) is 0. The smallest absolute Gasteiger partial charge is 0.0149 e. The molecule has 1 rings (SSSR count). The zero-order chi connectivity index (χ0) is 10.9. The van der Waals surface area contributed by atoms with E-state index in [2.05, 4.69) is 31.1 Å². The van der Waals surface area contributed by atoms with Crippen molar-refractivity contribution >= 4 is 0 Å². The van der Waals surface area contributed by atoms with Crippen molar-refractivity contribution in [2.45, 2.75) is 65.2 Å². The summed E-state index contributed by atoms with van der Waals surface area (Å²) in [5.74, 6) is 0. The van der Waals surface area contributed by atoms with Gasteiger partial charge in [0.15, 0.2) is 0 Å². The molecule has 0 spiro atoms. The Balaban J connectivity index is 2.23. The van der Waals surface area contributed by atoms with Gasteiger partial charge in [-0.2, -0.15) is 0 Å². The number of rotatable bonds is 8. The predicted molar refractivity (Wildman–Crippen MR) is 67.3 cm³/mol. The highest BCUT2D eigenvalue weighted by molar-refractivity contribution is 5.16. The van der Waals surface area contributed by atoms with E-state index in [1.165, 1.54) is 62.6 Å². The molecule has 0 unspecified atom stereocenters. The predicted octanol–water partition coefficient (Wildman–Crippen LogP) is 4.48. The van der Waals surface area contributed by atoms with Crippen molar-refractivity contribution in [3.8, 4) is 0 Å². The lowest BCUT2D eigenvalue weighted by molar-refractivity contribution is 0.708. The van der Waals surface area contributed by atoms with Crippen LogP contribution in [0, 0.1) is 0 Å². The molecule has 0 saturated heterocycles. The molecule has 1 nitrogen and oxygen atoms in total. The van der Waals surface area contributed by atoms with Crippen LogP contribution in [0.2, 0.25) is 0 Å². The third-order valence-corrected chi connectivity index (χ3v) is 2.92. The van der Waals surface area contributed by atoms with E-state index in [0.717, 1.165) is 0 Å². The SMILES string of the molecule is CCCCCc1c[nH]c(CCCCC)c1. The van der Waals surface area contributed by atoms with Crippen LogP contribution in [0.15, 0.2) is 12.3 Å². The first-order valence-electron chi connectivity index (χ1n) is 6.53. The Kier molecular flexibility index (Phi) is 6.22. The molecule has 0 radical (unpaired) electrons. The fourth-order valence-corrected chi connectivity index (χ4v) is 1.93. The summed E-state index contributed by atoms with van der Waals surface area (Å²) in [5.41, 5.74) is 2.92. The van der Waals surface area contributed by atoms with Crippen molar-refractivity contribution < 1.29 is 0 Å². The van der Waals surface area contributed by atoms with Gasteiger partial charge in [0.2, 0.25) is 0 Å². The van der Waals surface area contributed by atoms with E-state index in [4.69, 9.17) is 0 Å². The van der Waals surface area contributed by atoms with E-state index in [9.17, 15) is 0 Å². The van der Waals surface area contributed by atoms with E-state index >= 15 is 0 Å². The summed E-state index contributed by atoms with van der Waals surface area (Å²) in [4.78, 5) is 3.39. The van der Waals surface area contributed by atoms with Crippen LogP contribution in [0.3, 0.4) is 0 Å². The van der Waals surface area contributed by atoms with Crippen molar-refractivity contribution in [3.05, 3.63) is 23.5 Å². The van der Waals surface area contributed by atoms with Crippen LogP contribution in [0.4, 0.5) is 0 Å². The molecule has 0 bridgehead atoms. The molecule has 0 fully saturated rings. The zero-order valence-electron chi connectivity index (χ0n) is 10.3. The van der Waals surface area contributed by atoms with Crippen LogP contribution in [-0.4, -0.2) is 4.98 Å². The first-order chi connectivity index (χ1) is 7.36. The molecular formula is C14H25N. The number of aryl methyl sites for hydroxylation is 2. The third kappa shape index (κ3) is 5.06. The fraction of sp³-hybridized carbons (Fsp3) is 0.714. The molecule has 1 heterocycles. The van der Waals surface area contributed by atoms with Gasteiger partial charge in [-0.3, -0.25) is 0 Å². The Bertz CT molecular complexity index is 225. The van der Waals surface area contributed by atoms with Crippen LogP contribution in [0.25, 0.3) is 0 Å². The van der Waals surface area contributed by atoms with Gasteiger partial charge in [0.25, 0.3) is 0 Å². The minimum Gasteiger partial charge on any atom is -0.365 e. The largest absolute Gasteiger partial charge is 0.365 e. The van der Waals surface area contributed by atoms with Crippen LogP contribution < -0.4 is 0 Å². The molecule has 0 aliphatic carbocycles. The van der Waals surface area contributed by atoms with Gasteiger partial charge in [-0.1, -0.05) is 39.5 Å². The number of H-pyrrole nitrogens is 1. The molecule has 1 aromatic heterocycles. The molecule has 0 amide bonds. The molecule has 0 saturated carbocycles. The number of hydrogen-bond donors (Lipinski definition) is 1. The van der Waals surface area contributed by atoms with Crippen molar-refractivity contribution in [1.29, 1.82) is 0 Å². The molecule has 86 valence electrons. The fourth-order valence-electron chi connectivity index (χ4n) is 1.93. The standard InChI is InChI=1S/C14H25N/c1-3-5-7-9-13-11-14(15-12-13)10-8-6-4-2/h11-12,15H,3-10H2,1-2H3. The molecule has 1 heteroatoms. The topological polar surface area (TPSA) is 15.8 Å². The first-order valence-corrected chi connectivity index (χ1v) is 6.53. The molecule has 0 aliphatic heterocycles. The molecule has 15 heavy (non-hydrogen) atoms. The van der Waals surface area contributed by atoms with Crippen LogP contribution in [0.1, 0.15) is 63.6 Å². The summed E-state index contributed by atoms with van der Waals surface area (Å²) in [7, 11) is 0. The van der Waals surface area contributed by atoms with Gasteiger partial charge in [0, 0.05) is 11.9 Å². The summed E-state index contributed by atoms with van der Waals surface area (Å²) in [6.45, 7) is 4.51. The van der Waals surface area contributed by atoms with Crippen LogP contribution >= 0.6 is 0 Å². The van der Waals surface area contributed by atoms with Gasteiger partial charge in [-0.15, -0.1) is 0 Å². The molecular weight excluding hydrogens is 182 g/mol. The number of unbranched alkanes of at least 4 members (excludes halogenated alkanes) is 4. The Labute approximate surface area is 94.3 Å². The lowest BCUT2D eigenvalue weighted by Crippen LogP contribution is -1.84. The maximum Gasteiger partial charge on any atom is 0.0149 e. The van der Waals surface area contributed by atoms with E-state index < -0.39 is 0 Å². The Hall–Kier alpha value is -0.720. The van der Waals surface area contributed by atoms with Gasteiger partial charge in [-0.25, -0.2) is 0 Å². The van der Waals surface area contributed by atoms with Gasteiger partial charge in [-0.05, 0) is 37.3 Å². The minimum absolute atomic E-state index is 1.22. The highest BCUT2D eigenvalue weighted by atomic mass is 14.7. The highest BCUT2D eigenvalue weighted by Crippen LogP contribution is 2.11. The second-order valence-electron chi connectivity index (χ2n) is 4.45. The van der Waals surface area contributed by atoms with Gasteiger partial charge in [0.1, 0.15) is 0 Å². The third-order valence-electron chi connectivity index (χ3n) is 2.92. The second-order valence-corrected chi connectivity index (χ2v) is 4.45. The molecule has 0 aliphatic rings. The Morgan fingerprint density at radius 3 is 2.27 bits per heavy atom. The summed E-state index contributed by atoms with van der Waals surface area (Å²) < 4.78 is 0. The van der Waals surface area contributed by atoms with Gasteiger partial charge >= 0.3 is 0 Å². The summed E-state index contributed by atoms with van der Waals surface area (Å²) in [6, 6.07) is 2.35. The number of hydrogen-bond acceptors (Lipinski definition) is 0. The molecule has 1 N–H and O–H groups in total. The first kappa shape index (κ1) is 12.4. The molecule has 0 aromatic carbocycles. The molecule has 1 aromatic rings. The van der Waals surface area contributed by atoms with Crippen LogP contribution in [-0.2, 0) is 12.8 Å². The highest BCUT2D eigenvalue weighted by Gasteiger charge is 1.98. The Morgan fingerprint density at radius 1 is 0.933 bits per heavy atom. The molecule has 0 atom stereocenters. The van der Waals surface area contributed by atoms with E-state index in [1.54, 1.807) is 0 Å². The average Bonchev–Trinajstić information content (AvgIpc) is 2.67. The maximum atomic E-state index is 3.39. The van der Waals surface area contributed by atoms with Crippen LogP contribution in [0.5, 0.6) is 0 Å². The lowest BCUT2D eigenvalue weighted by atomic mass is 10.1. The van der Waals surface area contributed by atoms with Gasteiger partial charge in [0.05, 0.1) is 0 Å². The monoisotopic (exact) mass is 207 g/mol. The zero-order valence-corrected chi connectivity index (χ0v) is 10.3. The van der Waals surface area contributed by atoms with E-state index in [-0.39, 0.29) is 0 Å². The number of nitrogens with one attached hydrogen (secondary N) is 1. The average molecular weight is 207 g/mol. The lowest BCUT2D eigenvalue weighted by Gasteiger charge is -1.96. The van der Waals surface area contributed by atoms with E-state index in [1.807, 2.05) is 0 Å². The summed E-state index contributed by atoms with van der Waals surface area (Å²) >= 11 is 0. The van der Waals surface area contributed by atoms with Crippen molar-refractivity contribution in [2.75, 3.05) is 0 Å². The second kappa shape index (κ2) is 7.56. The Morgan fingerprint density at radius 2 is 1.60 bits per heavy atom. The number of aromatic amines is 1.